The van der Waals surface area contributed by atoms with Gasteiger partial charge in [0.25, 0.3) is 0 Å². The van der Waals surface area contributed by atoms with Crippen molar-refractivity contribution in [3.05, 3.63) is 69.7 Å². The Morgan fingerprint density at radius 2 is 1.84 bits per heavy atom. The van der Waals surface area contributed by atoms with Gasteiger partial charge in [-0.05, 0) is 64.3 Å². The summed E-state index contributed by atoms with van der Waals surface area (Å²) >= 11 is 3.12. The van der Waals surface area contributed by atoms with Gasteiger partial charge < -0.3 is 5.32 Å². The summed E-state index contributed by atoms with van der Waals surface area (Å²) in [7, 11) is 0. The van der Waals surface area contributed by atoms with Crippen LogP contribution in [0.3, 0.4) is 0 Å². The Bertz CT molecular complexity index is 558. The Morgan fingerprint density at radius 3 is 2.58 bits per heavy atom. The molecule has 0 aromatic heterocycles. The molecule has 0 spiro atoms. The van der Waals surface area contributed by atoms with Gasteiger partial charge in [-0.2, -0.15) is 0 Å². The lowest BCUT2D eigenvalue weighted by molar-refractivity contribution is 0.612. The molecule has 0 saturated carbocycles. The Labute approximate surface area is 119 Å². The summed E-state index contributed by atoms with van der Waals surface area (Å²) in [5, 5.41) is 3.21. The minimum atomic E-state index is -0.260. The van der Waals surface area contributed by atoms with E-state index in [0.717, 1.165) is 24.1 Å². The highest BCUT2D eigenvalue weighted by Crippen LogP contribution is 2.16. The van der Waals surface area contributed by atoms with Gasteiger partial charge in [-0.25, -0.2) is 8.78 Å². The summed E-state index contributed by atoms with van der Waals surface area (Å²) in [6.07, 6.45) is 0.747. The molecule has 2 aromatic rings. The second-order valence-corrected chi connectivity index (χ2v) is 5.16. The molecule has 2 aromatic carbocycles. The Hall–Kier alpha value is -1.26. The van der Waals surface area contributed by atoms with Gasteiger partial charge in [0.2, 0.25) is 0 Å². The van der Waals surface area contributed by atoms with Gasteiger partial charge in [0, 0.05) is 6.54 Å². The SMILES string of the molecule is Fc1cccc(CCNCc2ccc(Br)c(F)c2)c1. The molecule has 0 aliphatic heterocycles. The maximum atomic E-state index is 13.3. The fraction of sp³-hybridized carbons (Fsp3) is 0.200. The standard InChI is InChI=1S/C15H14BrF2N/c16-14-5-4-12(9-15(14)18)10-19-7-6-11-2-1-3-13(17)8-11/h1-5,8-9,19H,6-7,10H2. The summed E-state index contributed by atoms with van der Waals surface area (Å²) in [6.45, 7) is 1.32. The van der Waals surface area contributed by atoms with Crippen molar-refractivity contribution < 1.29 is 8.78 Å². The molecule has 19 heavy (non-hydrogen) atoms. The Morgan fingerprint density at radius 1 is 1.00 bits per heavy atom. The smallest absolute Gasteiger partial charge is 0.137 e. The van der Waals surface area contributed by atoms with Crippen LogP contribution in [0.1, 0.15) is 11.1 Å². The minimum Gasteiger partial charge on any atom is -0.312 e. The van der Waals surface area contributed by atoms with Gasteiger partial charge in [-0.3, -0.25) is 0 Å². The number of hydrogen-bond acceptors (Lipinski definition) is 1. The first kappa shape index (κ1) is 14.2. The van der Waals surface area contributed by atoms with Crippen LogP contribution in [0.15, 0.2) is 46.9 Å². The van der Waals surface area contributed by atoms with Crippen molar-refractivity contribution in [2.45, 2.75) is 13.0 Å². The monoisotopic (exact) mass is 325 g/mol. The van der Waals surface area contributed by atoms with Crippen molar-refractivity contribution in [3.8, 4) is 0 Å². The second-order valence-electron chi connectivity index (χ2n) is 4.31. The molecule has 0 atom stereocenters. The molecule has 0 amide bonds. The van der Waals surface area contributed by atoms with E-state index in [4.69, 9.17) is 0 Å². The Kier molecular flexibility index (Phi) is 5.05. The van der Waals surface area contributed by atoms with E-state index in [0.29, 0.717) is 11.0 Å². The van der Waals surface area contributed by atoms with E-state index in [-0.39, 0.29) is 11.6 Å². The number of halogens is 3. The third-order valence-electron chi connectivity index (χ3n) is 2.79. The van der Waals surface area contributed by atoms with E-state index in [1.54, 1.807) is 12.1 Å². The molecule has 100 valence electrons. The molecule has 0 unspecified atom stereocenters. The van der Waals surface area contributed by atoms with Crippen LogP contribution in [0.5, 0.6) is 0 Å². The van der Waals surface area contributed by atoms with Crippen molar-refractivity contribution in [1.82, 2.24) is 5.32 Å². The third-order valence-corrected chi connectivity index (χ3v) is 3.44. The molecule has 1 nitrogen and oxygen atoms in total. The summed E-state index contributed by atoms with van der Waals surface area (Å²) < 4.78 is 26.7. The number of nitrogens with one attached hydrogen (secondary N) is 1. The fourth-order valence-corrected chi connectivity index (χ4v) is 2.05. The van der Waals surface area contributed by atoms with Crippen LogP contribution in [0, 0.1) is 11.6 Å². The molecule has 0 radical (unpaired) electrons. The van der Waals surface area contributed by atoms with Crippen LogP contribution >= 0.6 is 15.9 Å². The highest BCUT2D eigenvalue weighted by atomic mass is 79.9. The van der Waals surface area contributed by atoms with Gasteiger partial charge in [0.05, 0.1) is 4.47 Å². The van der Waals surface area contributed by atoms with Crippen LogP contribution in [0.25, 0.3) is 0 Å². The predicted octanol–water partition coefficient (Wildman–Crippen LogP) is 4.06. The Balaban J connectivity index is 1.79. The first-order chi connectivity index (χ1) is 9.15. The molecule has 0 bridgehead atoms. The zero-order chi connectivity index (χ0) is 13.7. The van der Waals surface area contributed by atoms with Crippen molar-refractivity contribution in [1.29, 1.82) is 0 Å². The van der Waals surface area contributed by atoms with Crippen LogP contribution < -0.4 is 5.32 Å². The average Bonchev–Trinajstić information content (AvgIpc) is 2.39. The van der Waals surface area contributed by atoms with E-state index in [1.807, 2.05) is 12.1 Å². The highest BCUT2D eigenvalue weighted by Gasteiger charge is 2.00. The van der Waals surface area contributed by atoms with Gasteiger partial charge in [0.1, 0.15) is 11.6 Å². The second kappa shape index (κ2) is 6.78. The first-order valence-electron chi connectivity index (χ1n) is 6.04. The van der Waals surface area contributed by atoms with E-state index in [1.165, 1.54) is 18.2 Å². The summed E-state index contributed by atoms with van der Waals surface area (Å²) in [5.74, 6) is -0.475. The van der Waals surface area contributed by atoms with Crippen LogP contribution in [-0.2, 0) is 13.0 Å². The average molecular weight is 326 g/mol. The van der Waals surface area contributed by atoms with Crippen LogP contribution in [0.4, 0.5) is 8.78 Å². The zero-order valence-electron chi connectivity index (χ0n) is 10.3. The van der Waals surface area contributed by atoms with Gasteiger partial charge in [-0.15, -0.1) is 0 Å². The van der Waals surface area contributed by atoms with Crippen molar-refractivity contribution in [2.75, 3.05) is 6.54 Å². The minimum absolute atomic E-state index is 0.215. The summed E-state index contributed by atoms with van der Waals surface area (Å²) in [5.41, 5.74) is 1.84. The quantitative estimate of drug-likeness (QED) is 0.817. The number of benzene rings is 2. The molecule has 0 fully saturated rings. The third kappa shape index (κ3) is 4.40. The maximum Gasteiger partial charge on any atom is 0.137 e. The van der Waals surface area contributed by atoms with Gasteiger partial charge >= 0.3 is 0 Å². The van der Waals surface area contributed by atoms with E-state index < -0.39 is 0 Å². The van der Waals surface area contributed by atoms with Gasteiger partial charge in [0.15, 0.2) is 0 Å². The molecule has 4 heteroatoms. The zero-order valence-corrected chi connectivity index (χ0v) is 11.9. The fourth-order valence-electron chi connectivity index (χ4n) is 1.81. The molecular weight excluding hydrogens is 312 g/mol. The first-order valence-corrected chi connectivity index (χ1v) is 6.83. The van der Waals surface area contributed by atoms with Crippen molar-refractivity contribution in [2.24, 2.45) is 0 Å². The lowest BCUT2D eigenvalue weighted by Crippen LogP contribution is -2.16. The van der Waals surface area contributed by atoms with Gasteiger partial charge in [-0.1, -0.05) is 18.2 Å². The highest BCUT2D eigenvalue weighted by molar-refractivity contribution is 9.10. The van der Waals surface area contributed by atoms with Crippen LogP contribution in [0.2, 0.25) is 0 Å². The van der Waals surface area contributed by atoms with E-state index in [2.05, 4.69) is 21.2 Å². The molecule has 2 rings (SSSR count). The van der Waals surface area contributed by atoms with Crippen LogP contribution in [-0.4, -0.2) is 6.54 Å². The molecule has 0 aliphatic carbocycles. The van der Waals surface area contributed by atoms with E-state index in [9.17, 15) is 8.78 Å². The maximum absolute atomic E-state index is 13.3. The molecule has 1 N–H and O–H groups in total. The number of rotatable bonds is 5. The summed E-state index contributed by atoms with van der Waals surface area (Å²) in [4.78, 5) is 0. The topological polar surface area (TPSA) is 12.0 Å². The largest absolute Gasteiger partial charge is 0.312 e. The molecule has 0 heterocycles. The molecular formula is C15H14BrF2N. The lowest BCUT2D eigenvalue weighted by Gasteiger charge is -2.06. The van der Waals surface area contributed by atoms with Crippen molar-refractivity contribution in [3.63, 3.8) is 0 Å². The predicted molar refractivity (Wildman–Crippen MR) is 75.9 cm³/mol. The normalized spacial score (nSPS) is 10.7. The number of hydrogen-bond donors (Lipinski definition) is 1. The molecule has 0 saturated heterocycles. The van der Waals surface area contributed by atoms with E-state index >= 15 is 0 Å². The summed E-state index contributed by atoms with van der Waals surface area (Å²) in [6, 6.07) is 11.6. The lowest BCUT2D eigenvalue weighted by atomic mass is 10.1. The molecule has 0 aliphatic rings. The van der Waals surface area contributed by atoms with Crippen molar-refractivity contribution >= 4 is 15.9 Å².